The minimum atomic E-state index is -0.948. The van der Waals surface area contributed by atoms with Crippen LogP contribution in [0.25, 0.3) is 22.3 Å². The Morgan fingerprint density at radius 3 is 2.57 bits per heavy atom. The number of aromatic amines is 2. The number of rotatable bonds is 8. The molecule has 5 heterocycles. The fourth-order valence-electron chi connectivity index (χ4n) is 5.61. The molecule has 4 N–H and O–H groups in total. The molecular weight excluding hydrogens is 537 g/mol. The summed E-state index contributed by atoms with van der Waals surface area (Å²) in [6.45, 7) is 3.85. The van der Waals surface area contributed by atoms with Gasteiger partial charge in [-0.1, -0.05) is 12.1 Å². The van der Waals surface area contributed by atoms with Gasteiger partial charge in [-0.15, -0.1) is 0 Å². The Balaban J connectivity index is 1.16. The van der Waals surface area contributed by atoms with Crippen LogP contribution in [0.3, 0.4) is 0 Å². The lowest BCUT2D eigenvalue weighted by Crippen LogP contribution is -2.50. The number of hydrogen-bond donors (Lipinski definition) is 4. The number of fused-ring (bicyclic) bond motifs is 1. The van der Waals surface area contributed by atoms with Crippen molar-refractivity contribution >= 4 is 28.4 Å². The van der Waals surface area contributed by atoms with Crippen LogP contribution >= 0.6 is 0 Å². The number of carbonyl (C=O) groups is 1. The molecule has 0 aromatic carbocycles. The molecule has 1 aliphatic carbocycles. The number of methoxy groups -OCH3 is 1. The second-order valence-electron chi connectivity index (χ2n) is 10.8. The van der Waals surface area contributed by atoms with Crippen molar-refractivity contribution in [1.82, 2.24) is 40.7 Å². The summed E-state index contributed by atoms with van der Waals surface area (Å²) in [5, 5.41) is 20.8. The van der Waals surface area contributed by atoms with E-state index in [0.717, 1.165) is 40.7 Å². The van der Waals surface area contributed by atoms with Gasteiger partial charge in [0.15, 0.2) is 5.82 Å². The molecule has 0 unspecified atom stereocenters. The second-order valence-corrected chi connectivity index (χ2v) is 10.8. The number of aromatic nitrogens is 7. The fraction of sp³-hybridized carbons (Fsp3) is 0.333. The lowest BCUT2D eigenvalue weighted by Gasteiger charge is -2.38. The van der Waals surface area contributed by atoms with E-state index in [-0.39, 0.29) is 17.9 Å². The normalized spacial score (nSPS) is 19.5. The minimum Gasteiger partial charge on any atom is -0.368 e. The van der Waals surface area contributed by atoms with E-state index >= 15 is 0 Å². The number of H-pyrrole nitrogens is 2. The average Bonchev–Trinajstić information content (AvgIpc) is 3.64. The first-order valence-electron chi connectivity index (χ1n) is 13.9. The van der Waals surface area contributed by atoms with Gasteiger partial charge in [0, 0.05) is 48.6 Å². The summed E-state index contributed by atoms with van der Waals surface area (Å²) in [6.07, 6.45) is 5.97. The molecule has 216 valence electrons. The van der Waals surface area contributed by atoms with Crippen molar-refractivity contribution < 1.29 is 13.9 Å². The third-order valence-corrected chi connectivity index (χ3v) is 8.00. The van der Waals surface area contributed by atoms with Crippen LogP contribution in [0.5, 0.6) is 0 Å². The topological polar surface area (TPSA) is 146 Å². The van der Waals surface area contributed by atoms with Gasteiger partial charge in [0.2, 0.25) is 5.95 Å². The molecule has 1 saturated carbocycles. The van der Waals surface area contributed by atoms with Crippen LogP contribution in [0.4, 0.5) is 16.0 Å². The zero-order valence-corrected chi connectivity index (χ0v) is 23.6. The van der Waals surface area contributed by atoms with Gasteiger partial charge in [0.25, 0.3) is 5.91 Å². The van der Waals surface area contributed by atoms with Crippen LogP contribution in [0.2, 0.25) is 0 Å². The lowest BCUT2D eigenvalue weighted by molar-refractivity contribution is -0.148. The van der Waals surface area contributed by atoms with E-state index in [1.54, 1.807) is 25.6 Å². The third kappa shape index (κ3) is 5.45. The molecular formula is C30H32FN9O2. The maximum atomic E-state index is 13.6. The van der Waals surface area contributed by atoms with Crippen molar-refractivity contribution in [2.75, 3.05) is 12.4 Å². The van der Waals surface area contributed by atoms with Crippen molar-refractivity contribution in [2.24, 2.45) is 0 Å². The maximum absolute atomic E-state index is 13.6. The number of halogens is 1. The predicted octanol–water partition coefficient (Wildman–Crippen LogP) is 5.25. The third-order valence-electron chi connectivity index (χ3n) is 8.00. The molecule has 0 aliphatic heterocycles. The highest BCUT2D eigenvalue weighted by molar-refractivity contribution is 5.86. The number of anilines is 2. The highest BCUT2D eigenvalue weighted by Crippen LogP contribution is 2.42. The highest BCUT2D eigenvalue weighted by Gasteiger charge is 2.43. The zero-order chi connectivity index (χ0) is 29.3. The Labute approximate surface area is 241 Å². The fourth-order valence-corrected chi connectivity index (χ4v) is 5.61. The van der Waals surface area contributed by atoms with E-state index < -0.39 is 11.5 Å². The van der Waals surface area contributed by atoms with Crippen LogP contribution in [-0.4, -0.2) is 54.0 Å². The Morgan fingerprint density at radius 2 is 1.90 bits per heavy atom. The van der Waals surface area contributed by atoms with E-state index in [1.165, 1.54) is 6.07 Å². The maximum Gasteiger partial charge on any atom is 0.252 e. The van der Waals surface area contributed by atoms with Gasteiger partial charge in [0.05, 0.1) is 22.9 Å². The second kappa shape index (κ2) is 11.3. The van der Waals surface area contributed by atoms with Crippen molar-refractivity contribution in [3.05, 3.63) is 77.8 Å². The van der Waals surface area contributed by atoms with E-state index in [2.05, 4.69) is 41.0 Å². The van der Waals surface area contributed by atoms with Crippen LogP contribution in [0.1, 0.15) is 61.5 Å². The standard InChI is InChI=1S/C30H32FN9O2/c1-17-13-26(40-37-17)35-25-14-20-5-4-12-32-27(20)28(36-25)19-8-10-30(42-3,11-9-19)29(41)34-18(2)21-6-7-22(33-16-21)23-15-24(31)39-38-23/h4-7,12-16,18-19H,8-11H2,1-3H3,(H,34,41)(H,38,39)(H2,35,36,37,40)/t18-,19?,30?/m0/s1. The van der Waals surface area contributed by atoms with Gasteiger partial charge >= 0.3 is 0 Å². The first kappa shape index (κ1) is 27.5. The van der Waals surface area contributed by atoms with Crippen LogP contribution < -0.4 is 10.6 Å². The molecule has 0 radical (unpaired) electrons. The molecule has 11 nitrogen and oxygen atoms in total. The number of nitrogens with one attached hydrogen (secondary N) is 4. The summed E-state index contributed by atoms with van der Waals surface area (Å²) in [5.74, 6) is 0.827. The monoisotopic (exact) mass is 569 g/mol. The zero-order valence-electron chi connectivity index (χ0n) is 23.6. The number of hydrogen-bond acceptors (Lipinski definition) is 8. The average molecular weight is 570 g/mol. The van der Waals surface area contributed by atoms with Gasteiger partial charge in [-0.05, 0) is 63.3 Å². The van der Waals surface area contributed by atoms with Crippen molar-refractivity contribution in [3.63, 3.8) is 0 Å². The molecule has 6 rings (SSSR count). The van der Waals surface area contributed by atoms with Crippen LogP contribution in [0.15, 0.2) is 54.9 Å². The van der Waals surface area contributed by atoms with Gasteiger partial charge in [-0.3, -0.25) is 25.0 Å². The number of nitrogens with zero attached hydrogens (tertiary/aromatic N) is 5. The largest absolute Gasteiger partial charge is 0.368 e. The molecule has 12 heteroatoms. The summed E-state index contributed by atoms with van der Waals surface area (Å²) in [7, 11) is 1.59. The number of pyridine rings is 3. The first-order valence-corrected chi connectivity index (χ1v) is 13.9. The summed E-state index contributed by atoms with van der Waals surface area (Å²) in [5.41, 5.74) is 3.55. The lowest BCUT2D eigenvalue weighted by atomic mass is 9.76. The smallest absolute Gasteiger partial charge is 0.252 e. The Morgan fingerprint density at radius 1 is 1.07 bits per heavy atom. The van der Waals surface area contributed by atoms with Gasteiger partial charge in [-0.25, -0.2) is 4.98 Å². The molecule has 1 atom stereocenters. The molecule has 1 aliphatic rings. The molecule has 1 fully saturated rings. The minimum absolute atomic E-state index is 0.113. The summed E-state index contributed by atoms with van der Waals surface area (Å²) in [4.78, 5) is 27.6. The molecule has 5 aromatic rings. The molecule has 0 bridgehead atoms. The van der Waals surface area contributed by atoms with E-state index in [9.17, 15) is 9.18 Å². The highest BCUT2D eigenvalue weighted by atomic mass is 19.1. The number of carbonyl (C=O) groups excluding carboxylic acids is 1. The van der Waals surface area contributed by atoms with Gasteiger partial charge in [-0.2, -0.15) is 14.6 Å². The molecule has 0 saturated heterocycles. The first-order chi connectivity index (χ1) is 20.3. The van der Waals surface area contributed by atoms with Crippen molar-refractivity contribution in [2.45, 2.75) is 57.1 Å². The Hall–Kier alpha value is -4.71. The predicted molar refractivity (Wildman–Crippen MR) is 155 cm³/mol. The molecule has 42 heavy (non-hydrogen) atoms. The summed E-state index contributed by atoms with van der Waals surface area (Å²) < 4.78 is 19.2. The van der Waals surface area contributed by atoms with Gasteiger partial charge < -0.3 is 15.4 Å². The number of amides is 1. The number of ether oxygens (including phenoxy) is 1. The van der Waals surface area contributed by atoms with E-state index in [0.29, 0.717) is 35.9 Å². The molecule has 1 amide bonds. The number of aryl methyl sites for hydroxylation is 1. The van der Waals surface area contributed by atoms with Gasteiger partial charge in [0.1, 0.15) is 17.1 Å². The van der Waals surface area contributed by atoms with E-state index in [4.69, 9.17) is 9.72 Å². The SMILES string of the molecule is COC1(C(=O)N[C@@H](C)c2ccc(-c3cc(F)[nH]n3)nc2)CCC(c2nc(Nc3cc(C)[nH]n3)cc3cccnc23)CC1. The van der Waals surface area contributed by atoms with Crippen LogP contribution in [-0.2, 0) is 9.53 Å². The summed E-state index contributed by atoms with van der Waals surface area (Å²) >= 11 is 0. The summed E-state index contributed by atoms with van der Waals surface area (Å²) in [6, 6.07) is 12.4. The Kier molecular flexibility index (Phi) is 7.38. The Bertz CT molecular complexity index is 1710. The quantitative estimate of drug-likeness (QED) is 0.198. The van der Waals surface area contributed by atoms with Crippen LogP contribution in [0, 0.1) is 12.9 Å². The van der Waals surface area contributed by atoms with Crippen molar-refractivity contribution in [3.8, 4) is 11.4 Å². The van der Waals surface area contributed by atoms with E-state index in [1.807, 2.05) is 44.2 Å². The molecule has 5 aromatic heterocycles. The molecule has 0 spiro atoms. The van der Waals surface area contributed by atoms with Crippen molar-refractivity contribution in [1.29, 1.82) is 0 Å².